The zero-order valence-electron chi connectivity index (χ0n) is 13.5. The largest absolute Gasteiger partial charge is 0.467 e. The number of urea groups is 1. The number of nitro groups is 1. The highest BCUT2D eigenvalue weighted by Crippen LogP contribution is 2.18. The van der Waals surface area contributed by atoms with Gasteiger partial charge < -0.3 is 14.5 Å². The minimum Gasteiger partial charge on any atom is -0.467 e. The highest BCUT2D eigenvalue weighted by molar-refractivity contribution is 5.95. The topological polar surface area (TPSA) is 141 Å². The molecule has 0 saturated carbocycles. The maximum Gasteiger partial charge on any atom is 0.321 e. The number of amides is 3. The molecule has 2 rings (SSSR count). The minimum absolute atomic E-state index is 0.0869. The van der Waals surface area contributed by atoms with Gasteiger partial charge in [-0.15, -0.1) is 0 Å². The quantitative estimate of drug-likeness (QED) is 0.430. The fourth-order valence-corrected chi connectivity index (χ4v) is 1.98. The lowest BCUT2D eigenvalue weighted by molar-refractivity contribution is -0.385. The third kappa shape index (κ3) is 5.74. The van der Waals surface area contributed by atoms with Crippen LogP contribution >= 0.6 is 0 Å². The molecule has 0 saturated heterocycles. The van der Waals surface area contributed by atoms with Gasteiger partial charge in [-0.3, -0.25) is 25.0 Å². The van der Waals surface area contributed by atoms with Crippen LogP contribution in [-0.2, 0) is 27.3 Å². The Morgan fingerprint density at radius 3 is 2.62 bits per heavy atom. The second-order valence-electron chi connectivity index (χ2n) is 5.03. The van der Waals surface area contributed by atoms with Crippen LogP contribution in [-0.4, -0.2) is 29.4 Å². The molecule has 2 aromatic rings. The van der Waals surface area contributed by atoms with E-state index < -0.39 is 29.4 Å². The molecule has 0 aliphatic rings. The molecule has 0 radical (unpaired) electrons. The zero-order chi connectivity index (χ0) is 18.9. The van der Waals surface area contributed by atoms with E-state index in [0.717, 1.165) is 0 Å². The molecular weight excluding hydrogens is 346 g/mol. The Labute approximate surface area is 147 Å². The van der Waals surface area contributed by atoms with Gasteiger partial charge >= 0.3 is 12.0 Å². The molecule has 0 aliphatic carbocycles. The zero-order valence-corrected chi connectivity index (χ0v) is 13.5. The maximum absolute atomic E-state index is 11.7. The van der Waals surface area contributed by atoms with E-state index in [1.54, 1.807) is 18.2 Å². The van der Waals surface area contributed by atoms with E-state index in [1.807, 2.05) is 5.32 Å². The highest BCUT2D eigenvalue weighted by atomic mass is 16.6. The summed E-state index contributed by atoms with van der Waals surface area (Å²) in [5, 5.41) is 15.2. The molecule has 0 spiro atoms. The molecular formula is C16H15N3O7. The second kappa shape index (κ2) is 8.97. The van der Waals surface area contributed by atoms with Gasteiger partial charge in [-0.25, -0.2) is 4.79 Å². The second-order valence-corrected chi connectivity index (χ2v) is 5.03. The molecule has 136 valence electrons. The molecule has 0 aliphatic heterocycles. The molecule has 0 atom stereocenters. The average Bonchev–Trinajstić information content (AvgIpc) is 3.12. The Hall–Kier alpha value is -3.69. The smallest absolute Gasteiger partial charge is 0.321 e. The normalized spacial score (nSPS) is 10.0. The van der Waals surface area contributed by atoms with Crippen LogP contribution in [0.1, 0.15) is 11.3 Å². The van der Waals surface area contributed by atoms with Crippen LogP contribution < -0.4 is 10.6 Å². The van der Waals surface area contributed by atoms with Crippen molar-refractivity contribution in [2.75, 3.05) is 6.61 Å². The van der Waals surface area contributed by atoms with Crippen molar-refractivity contribution >= 4 is 23.6 Å². The number of ether oxygens (including phenoxy) is 1. The molecule has 1 heterocycles. The van der Waals surface area contributed by atoms with Crippen molar-refractivity contribution in [1.82, 2.24) is 10.6 Å². The molecule has 0 fully saturated rings. The third-order valence-electron chi connectivity index (χ3n) is 3.14. The summed E-state index contributed by atoms with van der Waals surface area (Å²) in [6, 6.07) is 8.22. The summed E-state index contributed by atoms with van der Waals surface area (Å²) < 4.78 is 9.73. The van der Waals surface area contributed by atoms with Gasteiger partial charge in [0, 0.05) is 11.6 Å². The number of hydrogen-bond acceptors (Lipinski definition) is 7. The first-order valence-electron chi connectivity index (χ1n) is 7.43. The number of esters is 1. The van der Waals surface area contributed by atoms with Crippen molar-refractivity contribution in [2.24, 2.45) is 0 Å². The SMILES string of the molecule is O=C(COC(=O)Cc1ccccc1[N+](=O)[O-])NC(=O)NCc1ccco1. The van der Waals surface area contributed by atoms with Crippen molar-refractivity contribution in [3.63, 3.8) is 0 Å². The van der Waals surface area contributed by atoms with Gasteiger partial charge in [0.25, 0.3) is 11.6 Å². The summed E-state index contributed by atoms with van der Waals surface area (Å²) in [5.74, 6) is -1.16. The van der Waals surface area contributed by atoms with Gasteiger partial charge in [-0.05, 0) is 12.1 Å². The van der Waals surface area contributed by atoms with Gasteiger partial charge in [-0.2, -0.15) is 0 Å². The Balaban J connectivity index is 1.74. The summed E-state index contributed by atoms with van der Waals surface area (Å²) in [7, 11) is 0. The Morgan fingerprint density at radius 2 is 1.92 bits per heavy atom. The van der Waals surface area contributed by atoms with Gasteiger partial charge in [-0.1, -0.05) is 18.2 Å². The van der Waals surface area contributed by atoms with Crippen LogP contribution in [0.3, 0.4) is 0 Å². The molecule has 3 amide bonds. The predicted molar refractivity (Wildman–Crippen MR) is 86.8 cm³/mol. The van der Waals surface area contributed by atoms with Crippen LogP contribution in [0, 0.1) is 10.1 Å². The van der Waals surface area contributed by atoms with E-state index in [9.17, 15) is 24.5 Å². The maximum atomic E-state index is 11.7. The number of nitrogens with one attached hydrogen (secondary N) is 2. The van der Waals surface area contributed by atoms with Crippen LogP contribution in [0.5, 0.6) is 0 Å². The number of hydrogen-bond donors (Lipinski definition) is 2. The fraction of sp³-hybridized carbons (Fsp3) is 0.188. The highest BCUT2D eigenvalue weighted by Gasteiger charge is 2.17. The number of carbonyl (C=O) groups is 3. The van der Waals surface area contributed by atoms with E-state index in [0.29, 0.717) is 5.76 Å². The summed E-state index contributed by atoms with van der Waals surface area (Å²) in [5.41, 5.74) is -0.0506. The number of nitrogens with zero attached hydrogens (tertiary/aromatic N) is 1. The minimum atomic E-state index is -0.835. The Morgan fingerprint density at radius 1 is 1.15 bits per heavy atom. The van der Waals surface area contributed by atoms with Gasteiger partial charge in [0.2, 0.25) is 0 Å². The predicted octanol–water partition coefficient (Wildman–Crippen LogP) is 1.30. The monoisotopic (exact) mass is 361 g/mol. The Bertz CT molecular complexity index is 802. The number of benzene rings is 1. The molecule has 0 bridgehead atoms. The molecule has 10 nitrogen and oxygen atoms in total. The molecule has 1 aromatic heterocycles. The molecule has 26 heavy (non-hydrogen) atoms. The lowest BCUT2D eigenvalue weighted by Crippen LogP contribution is -2.41. The average molecular weight is 361 g/mol. The standard InChI is InChI=1S/C16H15N3O7/c20-14(18-16(22)17-9-12-5-3-7-25-12)10-26-15(21)8-11-4-1-2-6-13(11)19(23)24/h1-7H,8-10H2,(H2,17,18,20,22). The number of imide groups is 1. The summed E-state index contributed by atoms with van der Waals surface area (Å²) in [6.45, 7) is -0.600. The van der Waals surface area contributed by atoms with E-state index in [2.05, 4.69) is 5.32 Å². The Kier molecular flexibility index (Phi) is 6.43. The van der Waals surface area contributed by atoms with Gasteiger partial charge in [0.15, 0.2) is 6.61 Å². The van der Waals surface area contributed by atoms with E-state index >= 15 is 0 Å². The lowest BCUT2D eigenvalue weighted by Gasteiger charge is -2.07. The summed E-state index contributed by atoms with van der Waals surface area (Å²) >= 11 is 0. The first-order valence-corrected chi connectivity index (χ1v) is 7.43. The molecule has 1 aromatic carbocycles. The summed E-state index contributed by atoms with van der Waals surface area (Å²) in [6.07, 6.45) is 1.08. The number of carbonyl (C=O) groups excluding carboxylic acids is 3. The van der Waals surface area contributed by atoms with Crippen molar-refractivity contribution in [3.05, 3.63) is 64.1 Å². The van der Waals surface area contributed by atoms with Gasteiger partial charge in [0.1, 0.15) is 5.76 Å². The molecule has 0 unspecified atom stereocenters. The third-order valence-corrected chi connectivity index (χ3v) is 3.14. The number of para-hydroxylation sites is 1. The van der Waals surface area contributed by atoms with Crippen molar-refractivity contribution in [1.29, 1.82) is 0 Å². The van der Waals surface area contributed by atoms with Crippen LogP contribution in [0.2, 0.25) is 0 Å². The lowest BCUT2D eigenvalue weighted by atomic mass is 10.1. The molecule has 10 heteroatoms. The number of nitro benzene ring substituents is 1. The number of rotatable bonds is 7. The van der Waals surface area contributed by atoms with Crippen LogP contribution in [0.25, 0.3) is 0 Å². The van der Waals surface area contributed by atoms with Crippen molar-refractivity contribution in [2.45, 2.75) is 13.0 Å². The van der Waals surface area contributed by atoms with Crippen molar-refractivity contribution in [3.8, 4) is 0 Å². The molecule has 2 N–H and O–H groups in total. The fourth-order valence-electron chi connectivity index (χ4n) is 1.98. The van der Waals surface area contributed by atoms with E-state index in [-0.39, 0.29) is 24.2 Å². The van der Waals surface area contributed by atoms with E-state index in [4.69, 9.17) is 9.15 Å². The first kappa shape index (κ1) is 18.6. The van der Waals surface area contributed by atoms with Crippen LogP contribution in [0.15, 0.2) is 47.1 Å². The first-order chi connectivity index (χ1) is 12.5. The number of furan rings is 1. The van der Waals surface area contributed by atoms with Crippen molar-refractivity contribution < 1.29 is 28.5 Å². The van der Waals surface area contributed by atoms with Gasteiger partial charge in [0.05, 0.1) is 24.2 Å². The van der Waals surface area contributed by atoms with E-state index in [1.165, 1.54) is 24.5 Å². The summed E-state index contributed by atoms with van der Waals surface area (Å²) in [4.78, 5) is 45.1. The van der Waals surface area contributed by atoms with Crippen LogP contribution in [0.4, 0.5) is 10.5 Å².